The van der Waals surface area contributed by atoms with Gasteiger partial charge < -0.3 is 4.55 Å². The zero-order chi connectivity index (χ0) is 8.36. The van der Waals surface area contributed by atoms with E-state index in [-0.39, 0.29) is 29.6 Å². The van der Waals surface area contributed by atoms with Gasteiger partial charge in [-0.05, 0) is 13.8 Å². The maximum atomic E-state index is 10.2. The number of rotatable bonds is 2. The van der Waals surface area contributed by atoms with Crippen LogP contribution in [0.25, 0.3) is 0 Å². The molecule has 0 aromatic carbocycles. The van der Waals surface area contributed by atoms with Gasteiger partial charge in [0, 0.05) is 0 Å². The molecule has 0 aliphatic carbocycles. The molecule has 0 bridgehead atoms. The van der Waals surface area contributed by atoms with Crippen LogP contribution in [0, 0.1) is 17.2 Å². The van der Waals surface area contributed by atoms with Crippen LogP contribution in [-0.4, -0.2) is 18.2 Å². The number of hydrogen-bond acceptors (Lipinski definition) is 4. The molecule has 0 rings (SSSR count). The van der Waals surface area contributed by atoms with Crippen molar-refractivity contribution in [3.8, 4) is 6.07 Å². The molecule has 0 amide bonds. The van der Waals surface area contributed by atoms with Gasteiger partial charge in [0.25, 0.3) is 0 Å². The molecule has 4 nitrogen and oxygen atoms in total. The first kappa shape index (κ1) is 14.0. The standard InChI is InChI=1S/C5H9NO3S.Na/c1-4(3-6)5(2)10(7,8)9;/h4-5H,1-2H3,(H,7,8,9);/q;+1/p-1. The molecule has 0 aliphatic heterocycles. The topological polar surface area (TPSA) is 81.0 Å². The first-order chi connectivity index (χ1) is 4.39. The van der Waals surface area contributed by atoms with Crippen LogP contribution in [-0.2, 0) is 10.1 Å². The first-order valence-electron chi connectivity index (χ1n) is 2.74. The summed E-state index contributed by atoms with van der Waals surface area (Å²) in [6, 6.07) is 1.69. The van der Waals surface area contributed by atoms with Crippen LogP contribution in [0.2, 0.25) is 0 Å². The molecule has 11 heavy (non-hydrogen) atoms. The Kier molecular flexibility index (Phi) is 6.49. The van der Waals surface area contributed by atoms with E-state index in [1.807, 2.05) is 0 Å². The third-order valence-corrected chi connectivity index (χ3v) is 2.68. The quantitative estimate of drug-likeness (QED) is 0.341. The van der Waals surface area contributed by atoms with Crippen molar-refractivity contribution in [1.29, 1.82) is 5.26 Å². The van der Waals surface area contributed by atoms with Gasteiger partial charge in [-0.2, -0.15) is 5.26 Å². The molecule has 0 spiro atoms. The molecule has 0 radical (unpaired) electrons. The summed E-state index contributed by atoms with van der Waals surface area (Å²) in [6.45, 7) is 2.64. The number of nitriles is 1. The van der Waals surface area contributed by atoms with E-state index >= 15 is 0 Å². The second-order valence-corrected chi connectivity index (χ2v) is 3.84. The second kappa shape index (κ2) is 5.12. The second-order valence-electron chi connectivity index (χ2n) is 2.12. The van der Waals surface area contributed by atoms with E-state index in [2.05, 4.69) is 0 Å². The Morgan fingerprint density at radius 2 is 1.82 bits per heavy atom. The molecular weight excluding hydrogens is 177 g/mol. The van der Waals surface area contributed by atoms with Crippen LogP contribution in [0.3, 0.4) is 0 Å². The predicted molar refractivity (Wildman–Crippen MR) is 33.9 cm³/mol. The van der Waals surface area contributed by atoms with Gasteiger partial charge in [-0.3, -0.25) is 0 Å². The molecule has 2 atom stereocenters. The fourth-order valence-electron chi connectivity index (χ4n) is 0.355. The molecule has 0 saturated heterocycles. The molecule has 2 unspecified atom stereocenters. The molecule has 0 aromatic rings. The molecule has 0 aliphatic rings. The SMILES string of the molecule is CC(C#N)C(C)S(=O)(=O)[O-].[Na+]. The maximum absolute atomic E-state index is 10.2. The van der Waals surface area contributed by atoms with Crippen LogP contribution in [0.1, 0.15) is 13.8 Å². The van der Waals surface area contributed by atoms with Crippen molar-refractivity contribution in [2.24, 2.45) is 5.92 Å². The Morgan fingerprint density at radius 1 is 1.45 bits per heavy atom. The monoisotopic (exact) mass is 185 g/mol. The van der Waals surface area contributed by atoms with E-state index in [1.165, 1.54) is 13.8 Å². The van der Waals surface area contributed by atoms with Crippen LogP contribution in [0.4, 0.5) is 0 Å². The summed E-state index contributed by atoms with van der Waals surface area (Å²) in [6.07, 6.45) is 0. The Bertz CT molecular complexity index is 243. The summed E-state index contributed by atoms with van der Waals surface area (Å²) in [5, 5.41) is 7.10. The van der Waals surface area contributed by atoms with Crippen molar-refractivity contribution in [3.05, 3.63) is 0 Å². The fraction of sp³-hybridized carbons (Fsp3) is 0.800. The van der Waals surface area contributed by atoms with Crippen LogP contribution < -0.4 is 29.6 Å². The van der Waals surface area contributed by atoms with Crippen molar-refractivity contribution >= 4 is 10.1 Å². The Hall–Kier alpha value is 0.400. The van der Waals surface area contributed by atoms with Crippen molar-refractivity contribution in [3.63, 3.8) is 0 Å². The van der Waals surface area contributed by atoms with E-state index in [0.717, 1.165) is 0 Å². The third kappa shape index (κ3) is 4.77. The van der Waals surface area contributed by atoms with Crippen molar-refractivity contribution in [2.75, 3.05) is 0 Å². The fourth-order valence-corrected chi connectivity index (χ4v) is 0.916. The Morgan fingerprint density at radius 3 is 1.91 bits per heavy atom. The van der Waals surface area contributed by atoms with Gasteiger partial charge in [0.2, 0.25) is 0 Å². The Balaban J connectivity index is 0. The molecule has 0 aromatic heterocycles. The maximum Gasteiger partial charge on any atom is 1.00 e. The van der Waals surface area contributed by atoms with Crippen molar-refractivity contribution in [1.82, 2.24) is 0 Å². The number of hydrogen-bond donors (Lipinski definition) is 0. The number of nitrogens with zero attached hydrogens (tertiary/aromatic N) is 1. The van der Waals surface area contributed by atoms with E-state index in [9.17, 15) is 13.0 Å². The minimum Gasteiger partial charge on any atom is -0.748 e. The zero-order valence-electron chi connectivity index (χ0n) is 6.73. The minimum atomic E-state index is -4.29. The summed E-state index contributed by atoms with van der Waals surface area (Å²) >= 11 is 0. The molecule has 0 N–H and O–H groups in total. The normalized spacial score (nSPS) is 15.8. The van der Waals surface area contributed by atoms with E-state index in [0.29, 0.717) is 0 Å². The third-order valence-electron chi connectivity index (χ3n) is 1.36. The van der Waals surface area contributed by atoms with Gasteiger partial charge in [0.05, 0.1) is 27.4 Å². The van der Waals surface area contributed by atoms with Gasteiger partial charge >= 0.3 is 29.6 Å². The van der Waals surface area contributed by atoms with Gasteiger partial charge in [0.1, 0.15) is 0 Å². The molecule has 58 valence electrons. The van der Waals surface area contributed by atoms with Gasteiger partial charge in [0.15, 0.2) is 0 Å². The summed E-state index contributed by atoms with van der Waals surface area (Å²) < 4.78 is 30.7. The largest absolute Gasteiger partial charge is 1.00 e. The van der Waals surface area contributed by atoms with Gasteiger partial charge in [-0.1, -0.05) is 0 Å². The van der Waals surface area contributed by atoms with E-state index in [1.54, 1.807) is 6.07 Å². The predicted octanol–water partition coefficient (Wildman–Crippen LogP) is -2.92. The zero-order valence-corrected chi connectivity index (χ0v) is 9.55. The summed E-state index contributed by atoms with van der Waals surface area (Å²) in [5.41, 5.74) is 0. The average molecular weight is 185 g/mol. The summed E-state index contributed by atoms with van der Waals surface area (Å²) in [4.78, 5) is 0. The molecule has 0 fully saturated rings. The van der Waals surface area contributed by atoms with Gasteiger partial charge in [-0.15, -0.1) is 0 Å². The van der Waals surface area contributed by atoms with E-state index in [4.69, 9.17) is 5.26 Å². The summed E-state index contributed by atoms with van der Waals surface area (Å²) in [7, 11) is -4.29. The van der Waals surface area contributed by atoms with E-state index < -0.39 is 21.3 Å². The minimum absolute atomic E-state index is 0. The molecule has 0 saturated carbocycles. The smallest absolute Gasteiger partial charge is 0.748 e. The molecule has 0 heterocycles. The van der Waals surface area contributed by atoms with Crippen LogP contribution in [0.5, 0.6) is 0 Å². The first-order valence-corrected chi connectivity index (χ1v) is 4.21. The van der Waals surface area contributed by atoms with Crippen molar-refractivity contribution in [2.45, 2.75) is 19.1 Å². The van der Waals surface area contributed by atoms with Crippen LogP contribution >= 0.6 is 0 Å². The summed E-state index contributed by atoms with van der Waals surface area (Å²) in [5.74, 6) is -0.734. The Labute approximate surface area is 88.6 Å². The van der Waals surface area contributed by atoms with Crippen LogP contribution in [0.15, 0.2) is 0 Å². The molecular formula is C5H8NNaO3S. The average Bonchev–Trinajstić information content (AvgIpc) is 1.83. The molecule has 6 heteroatoms. The van der Waals surface area contributed by atoms with Gasteiger partial charge in [-0.25, -0.2) is 8.42 Å². The van der Waals surface area contributed by atoms with Crippen molar-refractivity contribution < 1.29 is 42.5 Å².